The van der Waals surface area contributed by atoms with Crippen LogP contribution in [0.1, 0.15) is 40.5 Å². The normalized spacial score (nSPS) is 37.9. The van der Waals surface area contributed by atoms with Crippen LogP contribution in [-0.2, 0) is 9.53 Å². The molecule has 0 aromatic heterocycles. The van der Waals surface area contributed by atoms with E-state index in [2.05, 4.69) is 20.8 Å². The Morgan fingerprint density at radius 1 is 1.50 bits per heavy atom. The summed E-state index contributed by atoms with van der Waals surface area (Å²) in [5.41, 5.74) is -0.202. The molecule has 0 aliphatic carbocycles. The van der Waals surface area contributed by atoms with Gasteiger partial charge in [0, 0.05) is 12.8 Å². The van der Waals surface area contributed by atoms with Crippen LogP contribution in [0, 0.1) is 5.41 Å². The van der Waals surface area contributed by atoms with E-state index in [1.165, 1.54) is 0 Å². The summed E-state index contributed by atoms with van der Waals surface area (Å²) in [6.07, 6.45) is 1.49. The molecule has 14 heavy (non-hydrogen) atoms. The summed E-state index contributed by atoms with van der Waals surface area (Å²) in [6, 6.07) is 0.238. The maximum Gasteiger partial charge on any atom is 0.225 e. The summed E-state index contributed by atoms with van der Waals surface area (Å²) in [6.45, 7) is 9.21. The van der Waals surface area contributed by atoms with E-state index >= 15 is 0 Å². The molecule has 2 heterocycles. The smallest absolute Gasteiger partial charge is 0.225 e. The van der Waals surface area contributed by atoms with Crippen LogP contribution in [0.15, 0.2) is 0 Å². The molecule has 2 aliphatic heterocycles. The Balaban J connectivity index is 2.29. The number of fused-ring (bicyclic) bond motifs is 1. The van der Waals surface area contributed by atoms with E-state index in [0.717, 1.165) is 6.42 Å². The van der Waals surface area contributed by atoms with Gasteiger partial charge in [0.1, 0.15) is 5.72 Å². The van der Waals surface area contributed by atoms with Gasteiger partial charge in [-0.3, -0.25) is 4.79 Å². The Kier molecular flexibility index (Phi) is 1.94. The van der Waals surface area contributed by atoms with Crippen molar-refractivity contribution in [2.45, 2.75) is 52.3 Å². The summed E-state index contributed by atoms with van der Waals surface area (Å²) in [5, 5.41) is 0. The molecule has 2 aliphatic rings. The number of carbonyl (C=O) groups is 1. The molecule has 80 valence electrons. The lowest BCUT2D eigenvalue weighted by Crippen LogP contribution is -2.48. The van der Waals surface area contributed by atoms with Gasteiger partial charge in [-0.25, -0.2) is 0 Å². The molecule has 2 saturated heterocycles. The SMILES string of the molecule is CC(C)(C)[C@H]1CO[C@]2(C)CCC(=O)N12. The van der Waals surface area contributed by atoms with Gasteiger partial charge in [0.2, 0.25) is 5.91 Å². The predicted octanol–water partition coefficient (Wildman–Crippen LogP) is 1.77. The highest BCUT2D eigenvalue weighted by molar-refractivity contribution is 5.80. The number of carbonyl (C=O) groups excluding carboxylic acids is 1. The molecule has 0 spiro atoms. The maximum atomic E-state index is 11.8. The summed E-state index contributed by atoms with van der Waals surface area (Å²) in [5.74, 6) is 0.255. The molecule has 3 nitrogen and oxygen atoms in total. The van der Waals surface area contributed by atoms with Crippen molar-refractivity contribution < 1.29 is 9.53 Å². The highest BCUT2D eigenvalue weighted by Crippen LogP contribution is 2.43. The van der Waals surface area contributed by atoms with E-state index in [9.17, 15) is 4.79 Å². The van der Waals surface area contributed by atoms with E-state index in [4.69, 9.17) is 4.74 Å². The first-order valence-corrected chi connectivity index (χ1v) is 5.31. The van der Waals surface area contributed by atoms with Crippen LogP contribution in [0.25, 0.3) is 0 Å². The fraction of sp³-hybridized carbons (Fsp3) is 0.909. The third-order valence-electron chi connectivity index (χ3n) is 3.44. The highest BCUT2D eigenvalue weighted by Gasteiger charge is 2.54. The number of hydrogen-bond donors (Lipinski definition) is 0. The Morgan fingerprint density at radius 2 is 2.14 bits per heavy atom. The monoisotopic (exact) mass is 197 g/mol. The van der Waals surface area contributed by atoms with Crippen molar-refractivity contribution in [3.63, 3.8) is 0 Å². The fourth-order valence-electron chi connectivity index (χ4n) is 2.46. The number of hydrogen-bond acceptors (Lipinski definition) is 2. The van der Waals surface area contributed by atoms with Crippen molar-refractivity contribution in [3.8, 4) is 0 Å². The largest absolute Gasteiger partial charge is 0.354 e. The molecule has 0 aromatic rings. The van der Waals surface area contributed by atoms with Gasteiger partial charge in [-0.05, 0) is 12.3 Å². The molecule has 0 saturated carbocycles. The predicted molar refractivity (Wildman–Crippen MR) is 53.7 cm³/mol. The van der Waals surface area contributed by atoms with E-state index in [0.29, 0.717) is 13.0 Å². The zero-order chi connectivity index (χ0) is 10.6. The molecule has 1 amide bonds. The van der Waals surface area contributed by atoms with Crippen LogP contribution in [0.3, 0.4) is 0 Å². The van der Waals surface area contributed by atoms with Crippen molar-refractivity contribution in [3.05, 3.63) is 0 Å². The average Bonchev–Trinajstić information content (AvgIpc) is 2.49. The van der Waals surface area contributed by atoms with Gasteiger partial charge in [0.25, 0.3) is 0 Å². The molecule has 3 heteroatoms. The van der Waals surface area contributed by atoms with Gasteiger partial charge in [-0.2, -0.15) is 0 Å². The molecule has 2 fully saturated rings. The highest BCUT2D eigenvalue weighted by atomic mass is 16.5. The van der Waals surface area contributed by atoms with Crippen molar-refractivity contribution in [1.82, 2.24) is 4.90 Å². The lowest BCUT2D eigenvalue weighted by molar-refractivity contribution is -0.138. The van der Waals surface area contributed by atoms with Crippen LogP contribution in [0.5, 0.6) is 0 Å². The van der Waals surface area contributed by atoms with Crippen molar-refractivity contribution in [2.24, 2.45) is 5.41 Å². The van der Waals surface area contributed by atoms with Gasteiger partial charge in [-0.15, -0.1) is 0 Å². The van der Waals surface area contributed by atoms with Crippen molar-refractivity contribution in [1.29, 1.82) is 0 Å². The first kappa shape index (κ1) is 9.97. The molecule has 0 aromatic carbocycles. The van der Waals surface area contributed by atoms with Crippen LogP contribution >= 0.6 is 0 Å². The minimum atomic E-state index is -0.310. The van der Waals surface area contributed by atoms with Crippen LogP contribution in [0.4, 0.5) is 0 Å². The molecule has 0 N–H and O–H groups in total. The third-order valence-corrected chi connectivity index (χ3v) is 3.44. The van der Waals surface area contributed by atoms with Gasteiger partial charge >= 0.3 is 0 Å². The van der Waals surface area contributed by atoms with E-state index < -0.39 is 0 Å². The Hall–Kier alpha value is -0.570. The van der Waals surface area contributed by atoms with Gasteiger partial charge in [0.05, 0.1) is 12.6 Å². The number of nitrogens with zero attached hydrogens (tertiary/aromatic N) is 1. The van der Waals surface area contributed by atoms with E-state index in [1.807, 2.05) is 11.8 Å². The first-order valence-electron chi connectivity index (χ1n) is 5.31. The second-order valence-corrected chi connectivity index (χ2v) is 5.63. The second kappa shape index (κ2) is 2.72. The molecular weight excluding hydrogens is 178 g/mol. The number of ether oxygens (including phenoxy) is 1. The van der Waals surface area contributed by atoms with Gasteiger partial charge in [0.15, 0.2) is 0 Å². The van der Waals surface area contributed by atoms with E-state index in [1.54, 1.807) is 0 Å². The molecule has 0 radical (unpaired) electrons. The van der Waals surface area contributed by atoms with Crippen LogP contribution in [-0.4, -0.2) is 29.2 Å². The Morgan fingerprint density at radius 3 is 2.71 bits per heavy atom. The molecule has 0 unspecified atom stereocenters. The average molecular weight is 197 g/mol. The fourth-order valence-corrected chi connectivity index (χ4v) is 2.46. The van der Waals surface area contributed by atoms with Gasteiger partial charge < -0.3 is 9.64 Å². The number of rotatable bonds is 0. The zero-order valence-electron chi connectivity index (χ0n) is 9.46. The Labute approximate surface area is 85.4 Å². The van der Waals surface area contributed by atoms with Crippen LogP contribution < -0.4 is 0 Å². The minimum absolute atomic E-state index is 0.109. The summed E-state index contributed by atoms with van der Waals surface area (Å²) < 4.78 is 5.78. The van der Waals surface area contributed by atoms with Crippen LogP contribution in [0.2, 0.25) is 0 Å². The Bertz CT molecular complexity index is 269. The molecular formula is C11H19NO2. The quantitative estimate of drug-likeness (QED) is 0.592. The zero-order valence-corrected chi connectivity index (χ0v) is 9.46. The van der Waals surface area contributed by atoms with Crippen molar-refractivity contribution in [2.75, 3.05) is 6.61 Å². The lowest BCUT2D eigenvalue weighted by Gasteiger charge is -2.36. The molecule has 2 atom stereocenters. The lowest BCUT2D eigenvalue weighted by atomic mass is 9.86. The summed E-state index contributed by atoms with van der Waals surface area (Å²) >= 11 is 0. The second-order valence-electron chi connectivity index (χ2n) is 5.63. The third kappa shape index (κ3) is 1.26. The minimum Gasteiger partial charge on any atom is -0.354 e. The number of amides is 1. The van der Waals surface area contributed by atoms with E-state index in [-0.39, 0.29) is 23.1 Å². The standard InChI is InChI=1S/C11H19NO2/c1-10(2,3)8-7-14-11(4)6-5-9(13)12(8)11/h8H,5-7H2,1-4H3/t8-,11-/m1/s1. The first-order chi connectivity index (χ1) is 6.34. The molecule has 2 rings (SSSR count). The topological polar surface area (TPSA) is 29.5 Å². The van der Waals surface area contributed by atoms with Gasteiger partial charge in [-0.1, -0.05) is 20.8 Å². The summed E-state index contributed by atoms with van der Waals surface area (Å²) in [7, 11) is 0. The maximum absolute atomic E-state index is 11.8. The van der Waals surface area contributed by atoms with Crippen molar-refractivity contribution >= 4 is 5.91 Å². The molecule has 0 bridgehead atoms. The summed E-state index contributed by atoms with van der Waals surface area (Å²) in [4.78, 5) is 13.7.